The van der Waals surface area contributed by atoms with Crippen molar-refractivity contribution in [3.63, 3.8) is 0 Å². The fourth-order valence-electron chi connectivity index (χ4n) is 6.09. The van der Waals surface area contributed by atoms with E-state index in [0.717, 1.165) is 24.8 Å². The van der Waals surface area contributed by atoms with E-state index in [4.69, 9.17) is 0 Å². The van der Waals surface area contributed by atoms with Gasteiger partial charge >= 0.3 is 0 Å². The van der Waals surface area contributed by atoms with Gasteiger partial charge in [-0.15, -0.1) is 0 Å². The van der Waals surface area contributed by atoms with Crippen LogP contribution in [0.3, 0.4) is 0 Å². The van der Waals surface area contributed by atoms with E-state index in [1.165, 1.54) is 0 Å². The highest BCUT2D eigenvalue weighted by atomic mass is 16.3. The second kappa shape index (κ2) is 3.94. The first-order chi connectivity index (χ1) is 10.2. The van der Waals surface area contributed by atoms with Gasteiger partial charge in [-0.3, -0.25) is 4.79 Å². The second-order valence-electron chi connectivity index (χ2n) is 8.39. The van der Waals surface area contributed by atoms with Crippen molar-refractivity contribution in [2.24, 2.45) is 22.2 Å². The van der Waals surface area contributed by atoms with Crippen molar-refractivity contribution in [1.82, 2.24) is 0 Å². The lowest BCUT2D eigenvalue weighted by molar-refractivity contribution is -0.116. The lowest BCUT2D eigenvalue weighted by Crippen LogP contribution is -2.53. The van der Waals surface area contributed by atoms with Gasteiger partial charge in [-0.05, 0) is 61.0 Å². The average Bonchev–Trinajstić information content (AvgIpc) is 2.66. The van der Waals surface area contributed by atoms with Crippen LogP contribution in [0.2, 0.25) is 0 Å². The summed E-state index contributed by atoms with van der Waals surface area (Å²) in [5, 5.41) is 21.0. The molecule has 118 valence electrons. The fraction of sp³-hybridized carbons (Fsp3) is 0.632. The SMILES string of the molecule is CC1=C2[C@@H](O)C[C@@]34C=C[C@@](C)(CC[C@H]3[C@]2(C)C=C(O)C1=O)C4. The van der Waals surface area contributed by atoms with Gasteiger partial charge in [0.15, 0.2) is 5.76 Å². The molecule has 4 aliphatic carbocycles. The number of aliphatic hydroxyl groups excluding tert-OH is 2. The lowest BCUT2D eigenvalue weighted by Gasteiger charge is -2.58. The highest BCUT2D eigenvalue weighted by Gasteiger charge is 2.61. The van der Waals surface area contributed by atoms with Gasteiger partial charge in [-0.2, -0.15) is 0 Å². The number of carbonyl (C=O) groups is 1. The molecule has 3 heteroatoms. The van der Waals surface area contributed by atoms with Crippen molar-refractivity contribution in [3.05, 3.63) is 35.1 Å². The summed E-state index contributed by atoms with van der Waals surface area (Å²) in [4.78, 5) is 12.1. The molecule has 2 bridgehead atoms. The van der Waals surface area contributed by atoms with E-state index in [1.54, 1.807) is 13.0 Å². The van der Waals surface area contributed by atoms with E-state index in [1.807, 2.05) is 0 Å². The van der Waals surface area contributed by atoms with Crippen LogP contribution in [0.15, 0.2) is 35.1 Å². The van der Waals surface area contributed by atoms with Gasteiger partial charge in [0.2, 0.25) is 5.78 Å². The minimum Gasteiger partial charge on any atom is -0.504 e. The highest BCUT2D eigenvalue weighted by Crippen LogP contribution is 2.68. The summed E-state index contributed by atoms with van der Waals surface area (Å²) >= 11 is 0. The molecule has 0 aromatic carbocycles. The molecule has 2 saturated carbocycles. The van der Waals surface area contributed by atoms with Gasteiger partial charge in [0.05, 0.1) is 6.10 Å². The third kappa shape index (κ3) is 1.53. The van der Waals surface area contributed by atoms with Crippen LogP contribution >= 0.6 is 0 Å². The van der Waals surface area contributed by atoms with E-state index >= 15 is 0 Å². The van der Waals surface area contributed by atoms with E-state index in [9.17, 15) is 15.0 Å². The molecule has 5 atom stereocenters. The van der Waals surface area contributed by atoms with E-state index in [2.05, 4.69) is 26.0 Å². The van der Waals surface area contributed by atoms with Gasteiger partial charge in [-0.1, -0.05) is 26.0 Å². The molecular formula is C19H24O3. The molecule has 0 heterocycles. The number of rotatable bonds is 0. The molecule has 4 aliphatic rings. The molecular weight excluding hydrogens is 276 g/mol. The van der Waals surface area contributed by atoms with Crippen LogP contribution in [0.25, 0.3) is 0 Å². The first-order valence-corrected chi connectivity index (χ1v) is 8.27. The average molecular weight is 300 g/mol. The Morgan fingerprint density at radius 3 is 2.73 bits per heavy atom. The summed E-state index contributed by atoms with van der Waals surface area (Å²) in [5.74, 6) is -0.135. The zero-order valence-electron chi connectivity index (χ0n) is 13.5. The minimum absolute atomic E-state index is 0.00210. The number of ketones is 1. The predicted molar refractivity (Wildman–Crippen MR) is 84.2 cm³/mol. The van der Waals surface area contributed by atoms with Gasteiger partial charge in [0, 0.05) is 11.0 Å². The Bertz CT molecular complexity index is 670. The predicted octanol–water partition coefficient (Wildman–Crippen LogP) is 3.46. The Kier molecular flexibility index (Phi) is 2.55. The molecule has 0 aromatic heterocycles. The molecule has 0 aromatic rings. The fourth-order valence-corrected chi connectivity index (χ4v) is 6.09. The number of aliphatic hydroxyl groups is 2. The Hall–Kier alpha value is -1.35. The van der Waals surface area contributed by atoms with Crippen molar-refractivity contribution in [1.29, 1.82) is 0 Å². The summed E-state index contributed by atoms with van der Waals surface area (Å²) in [6, 6.07) is 0. The monoisotopic (exact) mass is 300 g/mol. The second-order valence-corrected chi connectivity index (χ2v) is 8.39. The summed E-state index contributed by atoms with van der Waals surface area (Å²) in [7, 11) is 0. The smallest absolute Gasteiger partial charge is 0.222 e. The third-order valence-corrected chi connectivity index (χ3v) is 6.87. The van der Waals surface area contributed by atoms with Crippen molar-refractivity contribution in [2.75, 3.05) is 0 Å². The summed E-state index contributed by atoms with van der Waals surface area (Å²) < 4.78 is 0. The van der Waals surface area contributed by atoms with Gasteiger partial charge < -0.3 is 10.2 Å². The molecule has 0 amide bonds. The van der Waals surface area contributed by atoms with Crippen LogP contribution in [-0.4, -0.2) is 22.1 Å². The van der Waals surface area contributed by atoms with Gasteiger partial charge in [0.1, 0.15) is 0 Å². The highest BCUT2D eigenvalue weighted by molar-refractivity contribution is 6.08. The molecule has 2 N–H and O–H groups in total. The number of fused-ring (bicyclic) bond motifs is 3. The maximum atomic E-state index is 12.1. The van der Waals surface area contributed by atoms with Crippen LogP contribution in [-0.2, 0) is 4.79 Å². The maximum absolute atomic E-state index is 12.1. The Morgan fingerprint density at radius 1 is 1.27 bits per heavy atom. The number of carbonyl (C=O) groups excluding carboxylic acids is 1. The zero-order valence-corrected chi connectivity index (χ0v) is 13.5. The molecule has 1 spiro atoms. The number of hydrogen-bond acceptors (Lipinski definition) is 3. The Labute approximate surface area is 131 Å². The first kappa shape index (κ1) is 14.3. The minimum atomic E-state index is -0.598. The standard InChI is InChI=1S/C19H24O3/c1-11-15-12(20)9-19-7-6-17(2,10-19)5-4-14(19)18(15,3)8-13(21)16(11)22/h6-8,12,14,20-21H,4-5,9-10H2,1-3H3/t12-,14-,17+,18-,19+/m0/s1. The molecule has 0 radical (unpaired) electrons. The topological polar surface area (TPSA) is 57.5 Å². The number of allylic oxidation sites excluding steroid dienone is 4. The van der Waals surface area contributed by atoms with Crippen LogP contribution < -0.4 is 0 Å². The summed E-state index contributed by atoms with van der Waals surface area (Å²) in [6.45, 7) is 6.15. The zero-order chi connectivity index (χ0) is 15.9. The van der Waals surface area contributed by atoms with Crippen molar-refractivity contribution < 1.29 is 15.0 Å². The third-order valence-electron chi connectivity index (χ3n) is 6.87. The molecule has 2 fully saturated rings. The Balaban J connectivity index is 1.90. The molecule has 0 aliphatic heterocycles. The van der Waals surface area contributed by atoms with E-state index < -0.39 is 11.5 Å². The first-order valence-electron chi connectivity index (χ1n) is 8.27. The van der Waals surface area contributed by atoms with E-state index in [0.29, 0.717) is 17.9 Å². The van der Waals surface area contributed by atoms with Crippen molar-refractivity contribution in [3.8, 4) is 0 Å². The number of Topliss-reactive ketones (excluding diaryl/α,β-unsaturated/α-hetero) is 1. The van der Waals surface area contributed by atoms with Crippen LogP contribution in [0.5, 0.6) is 0 Å². The van der Waals surface area contributed by atoms with Crippen LogP contribution in [0, 0.1) is 22.2 Å². The van der Waals surface area contributed by atoms with Crippen molar-refractivity contribution in [2.45, 2.75) is 52.6 Å². The molecule has 3 nitrogen and oxygen atoms in total. The van der Waals surface area contributed by atoms with Crippen molar-refractivity contribution >= 4 is 5.78 Å². The lowest BCUT2D eigenvalue weighted by atomic mass is 9.46. The van der Waals surface area contributed by atoms with Gasteiger partial charge in [0.25, 0.3) is 0 Å². The number of hydrogen-bond donors (Lipinski definition) is 2. The van der Waals surface area contributed by atoms with Crippen LogP contribution in [0.4, 0.5) is 0 Å². The quantitative estimate of drug-likeness (QED) is 0.674. The van der Waals surface area contributed by atoms with Gasteiger partial charge in [-0.25, -0.2) is 0 Å². The largest absolute Gasteiger partial charge is 0.504 e. The summed E-state index contributed by atoms with van der Waals surface area (Å²) in [6.07, 6.45) is 9.77. The van der Waals surface area contributed by atoms with E-state index in [-0.39, 0.29) is 22.4 Å². The molecule has 22 heavy (non-hydrogen) atoms. The normalized spacial score (nSPS) is 49.8. The summed E-state index contributed by atoms with van der Waals surface area (Å²) in [5.41, 5.74) is 1.21. The van der Waals surface area contributed by atoms with Crippen LogP contribution in [0.1, 0.15) is 46.5 Å². The molecule has 4 rings (SSSR count). The molecule has 0 unspecified atom stereocenters. The molecule has 0 saturated heterocycles. The Morgan fingerprint density at radius 2 is 2.00 bits per heavy atom. The maximum Gasteiger partial charge on any atom is 0.222 e.